The lowest BCUT2D eigenvalue weighted by Crippen LogP contribution is -2.41. The monoisotopic (exact) mass is 564 g/mol. The van der Waals surface area contributed by atoms with Crippen molar-refractivity contribution in [1.29, 1.82) is 0 Å². The van der Waals surface area contributed by atoms with E-state index in [1.54, 1.807) is 0 Å². The molecule has 41 heavy (non-hydrogen) atoms. The van der Waals surface area contributed by atoms with Crippen LogP contribution in [0.1, 0.15) is 82.0 Å². The van der Waals surface area contributed by atoms with Gasteiger partial charge in [-0.3, -0.25) is 19.3 Å². The Balaban J connectivity index is 1.29. The van der Waals surface area contributed by atoms with Crippen LogP contribution in [0, 0.1) is 0 Å². The van der Waals surface area contributed by atoms with Crippen molar-refractivity contribution in [1.82, 2.24) is 10.3 Å². The number of hydrogen-bond donors (Lipinski definition) is 2. The van der Waals surface area contributed by atoms with E-state index >= 15 is 0 Å². The number of unbranched alkanes of at least 4 members (excludes halogenated alkanes) is 1. The lowest BCUT2D eigenvalue weighted by Gasteiger charge is -2.26. The van der Waals surface area contributed by atoms with Crippen LogP contribution in [0.5, 0.6) is 0 Å². The highest BCUT2D eigenvalue weighted by Gasteiger charge is 2.31. The molecule has 220 valence electrons. The van der Waals surface area contributed by atoms with Crippen LogP contribution >= 0.6 is 0 Å². The summed E-state index contributed by atoms with van der Waals surface area (Å²) >= 11 is 0. The van der Waals surface area contributed by atoms with Gasteiger partial charge in [-0.25, -0.2) is 9.78 Å². The number of para-hydroxylation sites is 1. The van der Waals surface area contributed by atoms with E-state index in [1.807, 2.05) is 57.2 Å². The van der Waals surface area contributed by atoms with Gasteiger partial charge < -0.3 is 20.1 Å². The SMILES string of the molecule is CC(C)(C)OC(=O)CC1CCC(=O)N(CC(=O)NCCCCc2ccc3c(n2)N(C(=O)O)CCC3)c2ccccc21. The maximum atomic E-state index is 13.1. The maximum absolute atomic E-state index is 13.1. The lowest BCUT2D eigenvalue weighted by molar-refractivity contribution is -0.155. The van der Waals surface area contributed by atoms with Gasteiger partial charge in [0.1, 0.15) is 18.0 Å². The molecule has 0 fully saturated rings. The Morgan fingerprint density at radius 2 is 1.88 bits per heavy atom. The lowest BCUT2D eigenvalue weighted by atomic mass is 9.91. The number of ether oxygens (including phenoxy) is 1. The molecule has 3 amide bonds. The molecule has 0 saturated heterocycles. The van der Waals surface area contributed by atoms with E-state index in [1.165, 1.54) is 9.80 Å². The van der Waals surface area contributed by atoms with Crippen molar-refractivity contribution in [3.63, 3.8) is 0 Å². The quantitative estimate of drug-likeness (QED) is 0.337. The molecule has 0 aliphatic carbocycles. The van der Waals surface area contributed by atoms with Crippen molar-refractivity contribution in [2.45, 2.75) is 83.7 Å². The molecule has 4 rings (SSSR count). The molecule has 0 spiro atoms. The molecular formula is C31H40N4O6. The van der Waals surface area contributed by atoms with Crippen molar-refractivity contribution < 1.29 is 29.0 Å². The second-order valence-corrected chi connectivity index (χ2v) is 11.7. The molecular weight excluding hydrogens is 524 g/mol. The first-order valence-corrected chi connectivity index (χ1v) is 14.4. The van der Waals surface area contributed by atoms with Crippen LogP contribution in [-0.2, 0) is 32.0 Å². The Kier molecular flexibility index (Phi) is 9.62. The highest BCUT2D eigenvalue weighted by atomic mass is 16.6. The molecule has 1 unspecified atom stereocenters. The third-order valence-corrected chi connectivity index (χ3v) is 7.32. The summed E-state index contributed by atoms with van der Waals surface area (Å²) in [4.78, 5) is 57.4. The van der Waals surface area contributed by atoms with E-state index in [-0.39, 0.29) is 43.1 Å². The van der Waals surface area contributed by atoms with Crippen LogP contribution < -0.4 is 15.1 Å². The van der Waals surface area contributed by atoms with Gasteiger partial charge in [-0.05, 0) is 88.5 Å². The molecule has 1 atom stereocenters. The molecule has 1 aromatic carbocycles. The smallest absolute Gasteiger partial charge is 0.413 e. The summed E-state index contributed by atoms with van der Waals surface area (Å²) in [6.45, 7) is 6.31. The van der Waals surface area contributed by atoms with Crippen molar-refractivity contribution >= 4 is 35.4 Å². The second kappa shape index (κ2) is 13.1. The zero-order valence-electron chi connectivity index (χ0n) is 24.1. The van der Waals surface area contributed by atoms with Gasteiger partial charge in [-0.2, -0.15) is 0 Å². The Labute approximate surface area is 241 Å². The minimum atomic E-state index is -0.984. The van der Waals surface area contributed by atoms with Crippen LogP contribution in [0.3, 0.4) is 0 Å². The van der Waals surface area contributed by atoms with Gasteiger partial charge in [0.15, 0.2) is 0 Å². The number of carbonyl (C=O) groups is 4. The number of carboxylic acid groups (broad SMARTS) is 1. The first kappa shape index (κ1) is 30.0. The number of esters is 1. The third kappa shape index (κ3) is 8.05. The van der Waals surface area contributed by atoms with Crippen LogP contribution in [0.4, 0.5) is 16.3 Å². The van der Waals surface area contributed by atoms with Gasteiger partial charge in [0.05, 0.1) is 6.42 Å². The number of carbonyl (C=O) groups excluding carboxylic acids is 3. The number of hydrogen-bond acceptors (Lipinski definition) is 6. The van der Waals surface area contributed by atoms with Crippen LogP contribution in [-0.4, -0.2) is 59.2 Å². The number of nitrogens with zero attached hydrogens (tertiary/aromatic N) is 3. The van der Waals surface area contributed by atoms with E-state index in [9.17, 15) is 24.3 Å². The number of pyridine rings is 1. The van der Waals surface area contributed by atoms with E-state index in [4.69, 9.17) is 4.74 Å². The maximum Gasteiger partial charge on any atom is 0.413 e. The van der Waals surface area contributed by atoms with E-state index in [2.05, 4.69) is 10.3 Å². The first-order chi connectivity index (χ1) is 19.5. The predicted octanol–water partition coefficient (Wildman–Crippen LogP) is 4.59. The van der Waals surface area contributed by atoms with E-state index in [0.717, 1.165) is 42.5 Å². The number of nitrogens with one attached hydrogen (secondary N) is 1. The molecule has 10 heteroatoms. The summed E-state index contributed by atoms with van der Waals surface area (Å²) in [5, 5.41) is 12.4. The molecule has 2 aromatic rings. The zero-order valence-corrected chi connectivity index (χ0v) is 24.1. The normalized spacial score (nSPS) is 16.9. The highest BCUT2D eigenvalue weighted by Crippen LogP contribution is 2.37. The third-order valence-electron chi connectivity index (χ3n) is 7.32. The van der Waals surface area contributed by atoms with Gasteiger partial charge in [0.25, 0.3) is 0 Å². The fraction of sp³-hybridized carbons (Fsp3) is 0.516. The molecule has 10 nitrogen and oxygen atoms in total. The Hall–Kier alpha value is -3.95. The molecule has 1 aromatic heterocycles. The fourth-order valence-electron chi connectivity index (χ4n) is 5.43. The van der Waals surface area contributed by atoms with Gasteiger partial charge >= 0.3 is 12.1 Å². The Morgan fingerprint density at radius 1 is 1.10 bits per heavy atom. The number of benzene rings is 1. The summed E-state index contributed by atoms with van der Waals surface area (Å²) < 4.78 is 5.51. The highest BCUT2D eigenvalue weighted by molar-refractivity contribution is 6.00. The number of fused-ring (bicyclic) bond motifs is 2. The van der Waals surface area contributed by atoms with E-state index < -0.39 is 11.7 Å². The van der Waals surface area contributed by atoms with Crippen molar-refractivity contribution in [3.05, 3.63) is 53.2 Å². The predicted molar refractivity (Wildman–Crippen MR) is 155 cm³/mol. The number of amides is 3. The molecule has 0 radical (unpaired) electrons. The summed E-state index contributed by atoms with van der Waals surface area (Å²) in [6, 6.07) is 11.4. The van der Waals surface area contributed by atoms with Crippen LogP contribution in [0.25, 0.3) is 0 Å². The fourth-order valence-corrected chi connectivity index (χ4v) is 5.43. The van der Waals surface area contributed by atoms with Gasteiger partial charge in [0, 0.05) is 30.9 Å². The minimum Gasteiger partial charge on any atom is -0.465 e. The van der Waals surface area contributed by atoms with E-state index in [0.29, 0.717) is 37.4 Å². The number of aromatic nitrogens is 1. The molecule has 0 bridgehead atoms. The summed E-state index contributed by atoms with van der Waals surface area (Å²) in [6.07, 6.45) is 3.72. The Bertz CT molecular complexity index is 1290. The van der Waals surface area contributed by atoms with Crippen molar-refractivity contribution in [2.24, 2.45) is 0 Å². The summed E-state index contributed by atoms with van der Waals surface area (Å²) in [7, 11) is 0. The summed E-state index contributed by atoms with van der Waals surface area (Å²) in [5.74, 6) is -0.334. The molecule has 3 heterocycles. The molecule has 0 saturated carbocycles. The average Bonchev–Trinajstić information content (AvgIpc) is 3.03. The second-order valence-electron chi connectivity index (χ2n) is 11.7. The number of anilines is 2. The van der Waals surface area contributed by atoms with Gasteiger partial charge in [-0.1, -0.05) is 24.3 Å². The summed E-state index contributed by atoms with van der Waals surface area (Å²) in [5.41, 5.74) is 2.73. The van der Waals surface area contributed by atoms with Crippen molar-refractivity contribution in [2.75, 3.05) is 29.4 Å². The van der Waals surface area contributed by atoms with Crippen LogP contribution in [0.15, 0.2) is 36.4 Å². The molecule has 2 N–H and O–H groups in total. The number of aryl methyl sites for hydroxylation is 2. The first-order valence-electron chi connectivity index (χ1n) is 14.4. The van der Waals surface area contributed by atoms with Gasteiger partial charge in [0.2, 0.25) is 11.8 Å². The van der Waals surface area contributed by atoms with Crippen molar-refractivity contribution in [3.8, 4) is 0 Å². The molecule has 2 aliphatic rings. The minimum absolute atomic E-state index is 0.0909. The zero-order chi connectivity index (χ0) is 29.6. The number of rotatable bonds is 9. The molecule has 2 aliphatic heterocycles. The van der Waals surface area contributed by atoms with Crippen LogP contribution in [0.2, 0.25) is 0 Å². The van der Waals surface area contributed by atoms with Gasteiger partial charge in [-0.15, -0.1) is 0 Å². The Morgan fingerprint density at radius 3 is 2.63 bits per heavy atom. The average molecular weight is 565 g/mol. The standard InChI is InChI=1S/C31H40N4O6/c1-31(2,3)41-28(38)19-22-14-16-27(37)35(25-12-5-4-11-24(22)25)20-26(36)32-17-7-6-10-23-15-13-21-9-8-18-34(30(39)40)29(21)33-23/h4-5,11-13,15,22H,6-10,14,16-20H2,1-3H3,(H,32,36)(H,39,40). The largest absolute Gasteiger partial charge is 0.465 e. The topological polar surface area (TPSA) is 129 Å².